The number of nitrogens with two attached hydrogens (primary N) is 2. The van der Waals surface area contributed by atoms with Gasteiger partial charge in [0, 0.05) is 4.47 Å². The highest BCUT2D eigenvalue weighted by Gasteiger charge is 2.18. The second-order valence-electron chi connectivity index (χ2n) is 3.93. The van der Waals surface area contributed by atoms with Gasteiger partial charge in [0.15, 0.2) is 17.5 Å². The van der Waals surface area contributed by atoms with Crippen LogP contribution in [0.5, 0.6) is 0 Å². The highest BCUT2D eigenvalue weighted by Crippen LogP contribution is 2.37. The SMILES string of the molecule is Nc1cc(N)c(Nc2c(F)cc(Br)cc2F)c(F)c1Cl. The fourth-order valence-electron chi connectivity index (χ4n) is 1.58. The first-order chi connectivity index (χ1) is 9.31. The Morgan fingerprint density at radius 1 is 0.950 bits per heavy atom. The normalized spacial score (nSPS) is 10.7. The molecule has 106 valence electrons. The van der Waals surface area contributed by atoms with Gasteiger partial charge in [-0.25, -0.2) is 13.2 Å². The van der Waals surface area contributed by atoms with Gasteiger partial charge in [-0.3, -0.25) is 0 Å². The molecule has 0 saturated heterocycles. The second kappa shape index (κ2) is 5.41. The Morgan fingerprint density at radius 3 is 2.05 bits per heavy atom. The van der Waals surface area contributed by atoms with Crippen molar-refractivity contribution in [2.75, 3.05) is 16.8 Å². The average Bonchev–Trinajstić information content (AvgIpc) is 2.34. The fourth-order valence-corrected chi connectivity index (χ4v) is 2.13. The maximum absolute atomic E-state index is 13.9. The van der Waals surface area contributed by atoms with Gasteiger partial charge in [-0.2, -0.15) is 0 Å². The van der Waals surface area contributed by atoms with Gasteiger partial charge in [0.25, 0.3) is 0 Å². The van der Waals surface area contributed by atoms with Gasteiger partial charge in [0.2, 0.25) is 0 Å². The molecule has 0 amide bonds. The Morgan fingerprint density at radius 2 is 1.50 bits per heavy atom. The Labute approximate surface area is 125 Å². The van der Waals surface area contributed by atoms with Crippen LogP contribution in [0.4, 0.5) is 35.9 Å². The van der Waals surface area contributed by atoms with Crippen LogP contribution in [0.25, 0.3) is 0 Å². The number of anilines is 4. The van der Waals surface area contributed by atoms with Gasteiger partial charge in [-0.15, -0.1) is 0 Å². The Hall–Kier alpha value is -1.60. The maximum Gasteiger partial charge on any atom is 0.169 e. The van der Waals surface area contributed by atoms with E-state index in [1.165, 1.54) is 6.07 Å². The fraction of sp³-hybridized carbons (Fsp3) is 0. The lowest BCUT2D eigenvalue weighted by Crippen LogP contribution is -2.05. The highest BCUT2D eigenvalue weighted by molar-refractivity contribution is 9.10. The molecule has 0 aliphatic carbocycles. The quantitative estimate of drug-likeness (QED) is 0.689. The van der Waals surface area contributed by atoms with Crippen LogP contribution in [-0.2, 0) is 0 Å². The van der Waals surface area contributed by atoms with E-state index in [9.17, 15) is 13.2 Å². The molecular formula is C12H8BrClF3N3. The summed E-state index contributed by atoms with van der Waals surface area (Å²) in [5.74, 6) is -2.81. The summed E-state index contributed by atoms with van der Waals surface area (Å²) in [5, 5.41) is 1.89. The summed E-state index contributed by atoms with van der Waals surface area (Å²) >= 11 is 8.57. The molecule has 0 bridgehead atoms. The third-order valence-electron chi connectivity index (χ3n) is 2.52. The number of nitrogens with one attached hydrogen (secondary N) is 1. The number of nitrogen functional groups attached to an aromatic ring is 2. The molecule has 0 aromatic heterocycles. The van der Waals surface area contributed by atoms with E-state index in [0.29, 0.717) is 0 Å². The van der Waals surface area contributed by atoms with Crippen LogP contribution in [0.1, 0.15) is 0 Å². The van der Waals surface area contributed by atoms with Crippen molar-refractivity contribution in [1.29, 1.82) is 0 Å². The predicted molar refractivity (Wildman–Crippen MR) is 77.6 cm³/mol. The van der Waals surface area contributed by atoms with Gasteiger partial charge < -0.3 is 16.8 Å². The summed E-state index contributed by atoms with van der Waals surface area (Å²) in [7, 11) is 0. The molecule has 0 fully saturated rings. The summed E-state index contributed by atoms with van der Waals surface area (Å²) < 4.78 is 41.5. The molecule has 0 saturated carbocycles. The van der Waals surface area contributed by atoms with Crippen molar-refractivity contribution in [1.82, 2.24) is 0 Å². The van der Waals surface area contributed by atoms with Crippen molar-refractivity contribution < 1.29 is 13.2 Å². The molecule has 0 aliphatic rings. The minimum absolute atomic E-state index is 0.0658. The first kappa shape index (κ1) is 14.8. The third-order valence-corrected chi connectivity index (χ3v) is 3.36. The monoisotopic (exact) mass is 365 g/mol. The molecule has 0 aliphatic heterocycles. The van der Waals surface area contributed by atoms with Crippen LogP contribution < -0.4 is 16.8 Å². The van der Waals surface area contributed by atoms with Gasteiger partial charge in [-0.05, 0) is 18.2 Å². The minimum atomic E-state index is -0.981. The van der Waals surface area contributed by atoms with Gasteiger partial charge in [0.1, 0.15) is 10.7 Å². The van der Waals surface area contributed by atoms with Gasteiger partial charge >= 0.3 is 0 Å². The summed E-state index contributed by atoms with van der Waals surface area (Å²) in [5.41, 5.74) is 9.93. The molecule has 20 heavy (non-hydrogen) atoms. The lowest BCUT2D eigenvalue weighted by atomic mass is 10.2. The molecule has 0 unspecified atom stereocenters. The highest BCUT2D eigenvalue weighted by atomic mass is 79.9. The number of hydrogen-bond donors (Lipinski definition) is 3. The minimum Gasteiger partial charge on any atom is -0.397 e. The zero-order chi connectivity index (χ0) is 15.0. The summed E-state index contributed by atoms with van der Waals surface area (Å²) in [6.07, 6.45) is 0. The van der Waals surface area contributed by atoms with Crippen molar-refractivity contribution in [3.8, 4) is 0 Å². The third kappa shape index (κ3) is 2.64. The molecule has 2 aromatic rings. The van der Waals surface area contributed by atoms with Crippen LogP contribution in [0.2, 0.25) is 5.02 Å². The topological polar surface area (TPSA) is 64.1 Å². The van der Waals surface area contributed by atoms with Crippen LogP contribution in [0.3, 0.4) is 0 Å². The van der Waals surface area contributed by atoms with Gasteiger partial charge in [0.05, 0.1) is 17.1 Å². The largest absolute Gasteiger partial charge is 0.397 e. The first-order valence-electron chi connectivity index (χ1n) is 5.25. The van der Waals surface area contributed by atoms with E-state index >= 15 is 0 Å². The van der Waals surface area contributed by atoms with E-state index in [2.05, 4.69) is 21.2 Å². The average molecular weight is 367 g/mol. The first-order valence-corrected chi connectivity index (χ1v) is 6.43. The smallest absolute Gasteiger partial charge is 0.169 e. The molecule has 0 heterocycles. The molecule has 0 spiro atoms. The lowest BCUT2D eigenvalue weighted by Gasteiger charge is -2.14. The molecule has 2 aromatic carbocycles. The van der Waals surface area contributed by atoms with E-state index in [0.717, 1.165) is 12.1 Å². The van der Waals surface area contributed by atoms with Crippen LogP contribution in [-0.4, -0.2) is 0 Å². The van der Waals surface area contributed by atoms with Crippen molar-refractivity contribution in [3.05, 3.63) is 45.1 Å². The van der Waals surface area contributed by atoms with E-state index in [-0.39, 0.29) is 26.6 Å². The number of benzene rings is 2. The lowest BCUT2D eigenvalue weighted by molar-refractivity contribution is 0.588. The maximum atomic E-state index is 13.9. The molecule has 5 N–H and O–H groups in total. The number of hydrogen-bond acceptors (Lipinski definition) is 3. The Bertz CT molecular complexity index is 671. The summed E-state index contributed by atoms with van der Waals surface area (Å²) in [6.45, 7) is 0. The van der Waals surface area contributed by atoms with Crippen molar-refractivity contribution in [2.24, 2.45) is 0 Å². The van der Waals surface area contributed by atoms with E-state index in [4.69, 9.17) is 23.1 Å². The molecular weight excluding hydrogens is 359 g/mol. The Kier molecular flexibility index (Phi) is 4.01. The number of halogens is 5. The van der Waals surface area contributed by atoms with Crippen molar-refractivity contribution in [3.63, 3.8) is 0 Å². The van der Waals surface area contributed by atoms with Crippen molar-refractivity contribution >= 4 is 50.3 Å². The summed E-state index contributed by atoms with van der Waals surface area (Å²) in [6, 6.07) is 3.25. The molecule has 0 atom stereocenters. The summed E-state index contributed by atoms with van der Waals surface area (Å²) in [4.78, 5) is 0. The molecule has 2 rings (SSSR count). The predicted octanol–water partition coefficient (Wildman–Crippen LogP) is 4.43. The van der Waals surface area contributed by atoms with E-state index < -0.39 is 23.1 Å². The molecule has 3 nitrogen and oxygen atoms in total. The Balaban J connectivity index is 2.54. The van der Waals surface area contributed by atoms with Gasteiger partial charge in [-0.1, -0.05) is 27.5 Å². The van der Waals surface area contributed by atoms with Crippen LogP contribution >= 0.6 is 27.5 Å². The van der Waals surface area contributed by atoms with E-state index in [1.807, 2.05) is 0 Å². The molecule has 0 radical (unpaired) electrons. The zero-order valence-corrected chi connectivity index (χ0v) is 12.1. The van der Waals surface area contributed by atoms with Crippen LogP contribution in [0.15, 0.2) is 22.7 Å². The van der Waals surface area contributed by atoms with Crippen LogP contribution in [0, 0.1) is 17.5 Å². The zero-order valence-electron chi connectivity index (χ0n) is 9.78. The number of rotatable bonds is 2. The second-order valence-corrected chi connectivity index (χ2v) is 5.22. The standard InChI is InChI=1S/C12H8BrClF3N3/c13-4-1-5(15)11(6(16)2-4)20-12-8(19)3-7(18)9(14)10(12)17/h1-3,20H,18-19H2. The molecule has 8 heteroatoms. The van der Waals surface area contributed by atoms with Crippen molar-refractivity contribution in [2.45, 2.75) is 0 Å². The van der Waals surface area contributed by atoms with E-state index in [1.54, 1.807) is 0 Å².